The molecule has 1 nitrogen and oxygen atoms in total. The van der Waals surface area contributed by atoms with Crippen molar-refractivity contribution in [3.05, 3.63) is 11.6 Å². The van der Waals surface area contributed by atoms with Crippen LogP contribution >= 0.6 is 15.9 Å². The second-order valence-corrected chi connectivity index (χ2v) is 4.26. The molecule has 0 spiro atoms. The first-order chi connectivity index (χ1) is 5.04. The molecule has 0 aromatic rings. The molecule has 0 N–H and O–H groups in total. The molecule has 11 heavy (non-hydrogen) atoms. The average molecular weight is 218 g/mol. The Morgan fingerprint density at radius 2 is 1.91 bits per heavy atom. The van der Waals surface area contributed by atoms with Crippen molar-refractivity contribution in [2.24, 2.45) is 10.9 Å². The number of hydrogen-bond acceptors (Lipinski definition) is 1. The van der Waals surface area contributed by atoms with E-state index in [0.29, 0.717) is 5.92 Å². The maximum Gasteiger partial charge on any atom is 0.102 e. The Bertz CT molecular complexity index is 157. The molecule has 0 aliphatic carbocycles. The number of allylic oxidation sites excluding steroid dienone is 2. The summed E-state index contributed by atoms with van der Waals surface area (Å²) < 4.78 is 0. The highest BCUT2D eigenvalue weighted by Crippen LogP contribution is 2.06. The third-order valence-electron chi connectivity index (χ3n) is 1.54. The number of rotatable bonds is 3. The lowest BCUT2D eigenvalue weighted by Gasteiger charge is -2.01. The van der Waals surface area contributed by atoms with Crippen molar-refractivity contribution in [3.63, 3.8) is 0 Å². The van der Waals surface area contributed by atoms with E-state index in [-0.39, 0.29) is 4.95 Å². The minimum atomic E-state index is 0.221. The maximum atomic E-state index is 4.16. The van der Waals surface area contributed by atoms with Crippen molar-refractivity contribution in [2.75, 3.05) is 0 Å². The zero-order valence-corrected chi connectivity index (χ0v) is 9.22. The van der Waals surface area contributed by atoms with Crippen molar-refractivity contribution >= 4 is 22.1 Å². The van der Waals surface area contributed by atoms with Crippen LogP contribution in [0.15, 0.2) is 16.6 Å². The van der Waals surface area contributed by atoms with Gasteiger partial charge in [-0.3, -0.25) is 4.99 Å². The van der Waals surface area contributed by atoms with E-state index >= 15 is 0 Å². The van der Waals surface area contributed by atoms with E-state index in [4.69, 9.17) is 0 Å². The van der Waals surface area contributed by atoms with Gasteiger partial charge in [-0.25, -0.2) is 0 Å². The van der Waals surface area contributed by atoms with Gasteiger partial charge in [-0.1, -0.05) is 35.4 Å². The third kappa shape index (κ3) is 6.29. The van der Waals surface area contributed by atoms with Crippen molar-refractivity contribution in [1.82, 2.24) is 0 Å². The van der Waals surface area contributed by atoms with Gasteiger partial charge in [0.2, 0.25) is 0 Å². The molecule has 2 heteroatoms. The monoisotopic (exact) mass is 217 g/mol. The summed E-state index contributed by atoms with van der Waals surface area (Å²) >= 11 is 3.33. The minimum Gasteiger partial charge on any atom is -0.279 e. The molecule has 0 radical (unpaired) electrons. The van der Waals surface area contributed by atoms with Gasteiger partial charge < -0.3 is 0 Å². The van der Waals surface area contributed by atoms with Gasteiger partial charge in [0.1, 0.15) is 4.95 Å². The Labute approximate surface area is 77.7 Å². The number of aliphatic imine (C=N–C) groups is 1. The third-order valence-corrected chi connectivity index (χ3v) is 1.78. The van der Waals surface area contributed by atoms with Crippen LogP contribution in [0.2, 0.25) is 0 Å². The number of nitrogens with zero attached hydrogens (tertiary/aromatic N) is 1. The summed E-state index contributed by atoms with van der Waals surface area (Å²) in [5.41, 5.74) is 1.36. The average Bonchev–Trinajstić information content (AvgIpc) is 1.86. The Kier molecular flexibility index (Phi) is 5.47. The normalized spacial score (nSPS) is 16.4. The Morgan fingerprint density at radius 1 is 1.36 bits per heavy atom. The van der Waals surface area contributed by atoms with E-state index in [1.165, 1.54) is 5.57 Å². The summed E-state index contributed by atoms with van der Waals surface area (Å²) in [6, 6.07) is 0. The molecule has 64 valence electrons. The molecule has 0 fully saturated rings. The van der Waals surface area contributed by atoms with Gasteiger partial charge >= 0.3 is 0 Å². The van der Waals surface area contributed by atoms with E-state index < -0.39 is 0 Å². The van der Waals surface area contributed by atoms with Crippen LogP contribution in [0.4, 0.5) is 0 Å². The zero-order chi connectivity index (χ0) is 8.85. The first-order valence-corrected chi connectivity index (χ1v) is 4.79. The van der Waals surface area contributed by atoms with Crippen LogP contribution in [-0.4, -0.2) is 11.2 Å². The van der Waals surface area contributed by atoms with Gasteiger partial charge in [-0.15, -0.1) is 0 Å². The van der Waals surface area contributed by atoms with E-state index in [2.05, 4.69) is 47.8 Å². The Morgan fingerprint density at radius 3 is 2.27 bits per heavy atom. The molecule has 0 aromatic carbocycles. The number of hydrogen-bond donors (Lipinski definition) is 0. The number of alkyl halides is 1. The largest absolute Gasteiger partial charge is 0.279 e. The molecule has 1 atom stereocenters. The lowest BCUT2D eigenvalue weighted by Crippen LogP contribution is -1.89. The fraction of sp³-hybridized carbons (Fsp3) is 0.667. The van der Waals surface area contributed by atoms with Crippen LogP contribution in [-0.2, 0) is 0 Å². The highest BCUT2D eigenvalue weighted by Gasteiger charge is 1.92. The Hall–Kier alpha value is -0.110. The lowest BCUT2D eigenvalue weighted by molar-refractivity contribution is 0.771. The van der Waals surface area contributed by atoms with Crippen LogP contribution < -0.4 is 0 Å². The molecule has 1 unspecified atom stereocenters. The van der Waals surface area contributed by atoms with Gasteiger partial charge in [0.05, 0.1) is 0 Å². The summed E-state index contributed by atoms with van der Waals surface area (Å²) in [4.78, 5) is 4.38. The van der Waals surface area contributed by atoms with Crippen LogP contribution in [0.5, 0.6) is 0 Å². The van der Waals surface area contributed by atoms with Gasteiger partial charge in [-0.05, 0) is 25.8 Å². The fourth-order valence-corrected chi connectivity index (χ4v) is 0.608. The fourth-order valence-electron chi connectivity index (χ4n) is 0.472. The molecular weight excluding hydrogens is 202 g/mol. The van der Waals surface area contributed by atoms with E-state index in [0.717, 1.165) is 0 Å². The van der Waals surface area contributed by atoms with Crippen LogP contribution in [0.3, 0.4) is 0 Å². The van der Waals surface area contributed by atoms with Crippen LogP contribution in [0.1, 0.15) is 27.7 Å². The topological polar surface area (TPSA) is 12.4 Å². The first kappa shape index (κ1) is 10.9. The van der Waals surface area contributed by atoms with Crippen molar-refractivity contribution in [2.45, 2.75) is 32.6 Å². The summed E-state index contributed by atoms with van der Waals surface area (Å²) in [6.07, 6.45) is 3.91. The molecule has 0 aliphatic rings. The van der Waals surface area contributed by atoms with E-state index in [1.807, 2.05) is 13.1 Å². The molecule has 0 saturated heterocycles. The molecule has 0 heterocycles. The first-order valence-electron chi connectivity index (χ1n) is 3.88. The Balaban J connectivity index is 3.91. The maximum absolute atomic E-state index is 4.16. The highest BCUT2D eigenvalue weighted by atomic mass is 79.9. The lowest BCUT2D eigenvalue weighted by atomic mass is 10.1. The summed E-state index contributed by atoms with van der Waals surface area (Å²) in [5.74, 6) is 0.618. The molecule has 0 saturated carbocycles. The van der Waals surface area contributed by atoms with Gasteiger partial charge in [0.15, 0.2) is 0 Å². The summed E-state index contributed by atoms with van der Waals surface area (Å²) in [5, 5.41) is 0. The summed E-state index contributed by atoms with van der Waals surface area (Å²) in [6.45, 7) is 8.47. The molecular formula is C9H16BrN. The van der Waals surface area contributed by atoms with Gasteiger partial charge in [0.25, 0.3) is 0 Å². The highest BCUT2D eigenvalue weighted by molar-refractivity contribution is 9.09. The van der Waals surface area contributed by atoms with Crippen molar-refractivity contribution in [3.8, 4) is 0 Å². The molecule has 0 aliphatic heterocycles. The van der Waals surface area contributed by atoms with E-state index in [9.17, 15) is 0 Å². The zero-order valence-electron chi connectivity index (χ0n) is 7.63. The summed E-state index contributed by atoms with van der Waals surface area (Å²) in [7, 11) is 0. The molecule has 0 rings (SSSR count). The minimum absolute atomic E-state index is 0.221. The van der Waals surface area contributed by atoms with Crippen LogP contribution in [0, 0.1) is 5.92 Å². The quantitative estimate of drug-likeness (QED) is 0.391. The molecule has 0 bridgehead atoms. The van der Waals surface area contributed by atoms with Crippen molar-refractivity contribution < 1.29 is 0 Å². The predicted molar refractivity (Wildman–Crippen MR) is 55.5 cm³/mol. The second kappa shape index (κ2) is 5.53. The smallest absolute Gasteiger partial charge is 0.102 e. The number of halogens is 1. The molecule has 0 aromatic heterocycles. The standard InChI is InChI=1S/C9H16BrN/c1-7(2)8(3)5-6-11-9(4)10/h5-7,9H,1-4H3/b8-5+,11-6?. The van der Waals surface area contributed by atoms with Gasteiger partial charge in [0, 0.05) is 6.21 Å². The van der Waals surface area contributed by atoms with E-state index in [1.54, 1.807) is 0 Å². The molecule has 0 amide bonds. The second-order valence-electron chi connectivity index (χ2n) is 2.94. The van der Waals surface area contributed by atoms with Gasteiger partial charge in [-0.2, -0.15) is 0 Å². The predicted octanol–water partition coefficient (Wildman–Crippen LogP) is 3.40. The van der Waals surface area contributed by atoms with Crippen LogP contribution in [0.25, 0.3) is 0 Å². The van der Waals surface area contributed by atoms with Crippen molar-refractivity contribution in [1.29, 1.82) is 0 Å². The SMILES string of the molecule is C/C(=C\C=NC(C)Br)C(C)C.